The number of hydrogen-bond donors (Lipinski definition) is 0. The molecule has 0 radical (unpaired) electrons. The fourth-order valence-electron chi connectivity index (χ4n) is 6.51. The van der Waals surface area contributed by atoms with E-state index in [4.69, 9.17) is 18.9 Å². The molecular weight excluding hydrogens is 396 g/mol. The molecule has 1 aromatic rings. The number of Topliss-reactive ketones (excluding diaryl/α,β-unsaturated/α-hetero) is 1. The van der Waals surface area contributed by atoms with Gasteiger partial charge in [-0.25, -0.2) is 0 Å². The smallest absolute Gasteiger partial charge is 0.316 e. The summed E-state index contributed by atoms with van der Waals surface area (Å²) in [4.78, 5) is 27.2. The number of rotatable bonds is 5. The maximum Gasteiger partial charge on any atom is 0.316 e. The predicted molar refractivity (Wildman–Crippen MR) is 112 cm³/mol. The Morgan fingerprint density at radius 2 is 1.90 bits per heavy atom. The molecule has 5 aliphatic rings. The van der Waals surface area contributed by atoms with Crippen LogP contribution >= 0.6 is 0 Å². The summed E-state index contributed by atoms with van der Waals surface area (Å²) in [6.45, 7) is 10.0. The van der Waals surface area contributed by atoms with Crippen LogP contribution in [0.4, 0.5) is 0 Å². The molecule has 6 nitrogen and oxygen atoms in total. The quantitative estimate of drug-likeness (QED) is 0.667. The molecule has 1 aliphatic heterocycles. The van der Waals surface area contributed by atoms with E-state index in [0.717, 1.165) is 5.56 Å². The highest BCUT2D eigenvalue weighted by Crippen LogP contribution is 2.81. The lowest BCUT2D eigenvalue weighted by Crippen LogP contribution is -2.52. The van der Waals surface area contributed by atoms with E-state index in [9.17, 15) is 9.59 Å². The summed E-state index contributed by atoms with van der Waals surface area (Å²) in [5.41, 5.74) is -1.45. The van der Waals surface area contributed by atoms with Crippen molar-refractivity contribution in [2.75, 3.05) is 6.61 Å². The van der Waals surface area contributed by atoms with Crippen LogP contribution in [0.3, 0.4) is 0 Å². The number of benzene rings is 1. The Hall–Kier alpha value is -1.76. The van der Waals surface area contributed by atoms with Crippen LogP contribution in [0.15, 0.2) is 30.3 Å². The first kappa shape index (κ1) is 21.1. The van der Waals surface area contributed by atoms with Crippen molar-refractivity contribution >= 4 is 11.8 Å². The Kier molecular flexibility index (Phi) is 4.51. The number of carbonyl (C=O) groups is 2. The van der Waals surface area contributed by atoms with Crippen molar-refractivity contribution in [2.45, 2.75) is 77.2 Å². The second-order valence-corrected chi connectivity index (χ2v) is 10.9. The highest BCUT2D eigenvalue weighted by Gasteiger charge is 2.95. The summed E-state index contributed by atoms with van der Waals surface area (Å²) < 4.78 is 24.5. The number of esters is 1. The molecule has 4 aliphatic carbocycles. The molecule has 0 aromatic heterocycles. The van der Waals surface area contributed by atoms with Crippen LogP contribution < -0.4 is 0 Å². The van der Waals surface area contributed by atoms with Crippen molar-refractivity contribution in [2.24, 2.45) is 23.2 Å². The minimum atomic E-state index is -0.997. The number of hydrogen-bond acceptors (Lipinski definition) is 6. The third kappa shape index (κ3) is 2.95. The fraction of sp³-hybridized carbons (Fsp3) is 0.680. The van der Waals surface area contributed by atoms with E-state index in [-0.39, 0.29) is 29.7 Å². The molecule has 6 rings (SSSR count). The minimum Gasteiger partial charge on any atom is -0.459 e. The van der Waals surface area contributed by atoms with E-state index < -0.39 is 28.3 Å². The second kappa shape index (κ2) is 6.63. The zero-order chi connectivity index (χ0) is 22.2. The highest BCUT2D eigenvalue weighted by atomic mass is 16.7. The number of carbonyl (C=O) groups excluding carboxylic acids is 2. The monoisotopic (exact) mass is 428 g/mol. The van der Waals surface area contributed by atoms with Crippen LogP contribution in [-0.2, 0) is 35.1 Å². The van der Waals surface area contributed by atoms with Crippen LogP contribution in [0.2, 0.25) is 0 Å². The summed E-state index contributed by atoms with van der Waals surface area (Å²) in [5.74, 6) is -1.88. The molecule has 4 bridgehead atoms. The molecule has 168 valence electrons. The lowest BCUT2D eigenvalue weighted by atomic mass is 9.68. The molecule has 0 amide bonds. The van der Waals surface area contributed by atoms with E-state index in [2.05, 4.69) is 0 Å². The molecule has 0 N–H and O–H groups in total. The number of ether oxygens (including phenoxy) is 4. The molecular formula is C25H32O6. The van der Waals surface area contributed by atoms with Gasteiger partial charge in [0.2, 0.25) is 0 Å². The van der Waals surface area contributed by atoms with E-state index in [1.807, 2.05) is 65.0 Å². The first-order valence-electron chi connectivity index (χ1n) is 11.3. The Balaban J connectivity index is 1.52. The van der Waals surface area contributed by atoms with Crippen molar-refractivity contribution in [1.29, 1.82) is 0 Å². The van der Waals surface area contributed by atoms with Gasteiger partial charge < -0.3 is 18.9 Å². The normalized spacial score (nSPS) is 40.1. The van der Waals surface area contributed by atoms with Crippen molar-refractivity contribution < 1.29 is 28.5 Å². The maximum atomic E-state index is 13.8. The van der Waals surface area contributed by atoms with Gasteiger partial charge in [-0.1, -0.05) is 30.3 Å². The minimum absolute atomic E-state index is 0.128. The van der Waals surface area contributed by atoms with Crippen LogP contribution in [0.1, 0.15) is 53.0 Å². The summed E-state index contributed by atoms with van der Waals surface area (Å²) in [7, 11) is 0. The standard InChI is InChI=1S/C25H32O6/c1-22(2,3)31-21(27)25-18(17-14-28-23(4,5)30-17)16-11-12-24(25,20(25)19(16)26)29-13-15-9-7-6-8-10-15/h6-10,16-18,20H,11-14H2,1-5H3/t16-,17+,18-,20+,24+,25+/m0/s1. The Bertz CT molecular complexity index is 902. The average Bonchev–Trinajstić information content (AvgIpc) is 3.05. The van der Waals surface area contributed by atoms with Crippen LogP contribution in [-0.4, -0.2) is 41.5 Å². The molecule has 0 unspecified atom stereocenters. The van der Waals surface area contributed by atoms with Gasteiger partial charge in [0.25, 0.3) is 0 Å². The topological polar surface area (TPSA) is 71.1 Å². The second-order valence-electron chi connectivity index (χ2n) is 10.9. The van der Waals surface area contributed by atoms with E-state index in [1.165, 1.54) is 0 Å². The molecule has 6 atom stereocenters. The van der Waals surface area contributed by atoms with Gasteiger partial charge in [-0.05, 0) is 53.0 Å². The first-order valence-corrected chi connectivity index (χ1v) is 11.3. The molecule has 5 fully saturated rings. The zero-order valence-electron chi connectivity index (χ0n) is 19.0. The average molecular weight is 429 g/mol. The molecule has 31 heavy (non-hydrogen) atoms. The van der Waals surface area contributed by atoms with E-state index in [1.54, 1.807) is 0 Å². The summed E-state index contributed by atoms with van der Waals surface area (Å²) >= 11 is 0. The van der Waals surface area contributed by atoms with Crippen molar-refractivity contribution in [1.82, 2.24) is 0 Å². The van der Waals surface area contributed by atoms with Gasteiger partial charge in [0.05, 0.1) is 30.8 Å². The Morgan fingerprint density at radius 3 is 2.52 bits per heavy atom. The third-order valence-electron chi connectivity index (χ3n) is 7.48. The van der Waals surface area contributed by atoms with E-state index in [0.29, 0.717) is 26.1 Å². The first-order chi connectivity index (χ1) is 14.5. The molecule has 6 heteroatoms. The Morgan fingerprint density at radius 1 is 1.19 bits per heavy atom. The summed E-state index contributed by atoms with van der Waals surface area (Å²) in [6, 6.07) is 9.88. The van der Waals surface area contributed by atoms with Gasteiger partial charge in [0.15, 0.2) is 5.79 Å². The molecule has 0 spiro atoms. The van der Waals surface area contributed by atoms with Crippen molar-refractivity contribution in [3.05, 3.63) is 35.9 Å². The van der Waals surface area contributed by atoms with Gasteiger partial charge in [0, 0.05) is 11.8 Å². The Labute approximate surface area is 183 Å². The molecule has 1 heterocycles. The van der Waals surface area contributed by atoms with Crippen molar-refractivity contribution in [3.63, 3.8) is 0 Å². The lowest BCUT2D eigenvalue weighted by molar-refractivity contribution is -0.188. The lowest BCUT2D eigenvalue weighted by Gasteiger charge is -2.42. The van der Waals surface area contributed by atoms with Gasteiger partial charge in [0.1, 0.15) is 16.8 Å². The molecule has 1 aromatic carbocycles. The highest BCUT2D eigenvalue weighted by molar-refractivity contribution is 6.05. The van der Waals surface area contributed by atoms with E-state index >= 15 is 0 Å². The van der Waals surface area contributed by atoms with Crippen LogP contribution in [0.25, 0.3) is 0 Å². The molecule has 4 saturated carbocycles. The van der Waals surface area contributed by atoms with Crippen LogP contribution in [0, 0.1) is 23.2 Å². The summed E-state index contributed by atoms with van der Waals surface area (Å²) in [6.07, 6.45) is 1.07. The zero-order valence-corrected chi connectivity index (χ0v) is 19.0. The molecule has 1 saturated heterocycles. The van der Waals surface area contributed by atoms with Gasteiger partial charge >= 0.3 is 5.97 Å². The van der Waals surface area contributed by atoms with Gasteiger partial charge in [-0.3, -0.25) is 9.59 Å². The van der Waals surface area contributed by atoms with Gasteiger partial charge in [-0.15, -0.1) is 0 Å². The summed E-state index contributed by atoms with van der Waals surface area (Å²) in [5, 5.41) is 0. The predicted octanol–water partition coefficient (Wildman–Crippen LogP) is 3.66. The maximum absolute atomic E-state index is 13.8. The van der Waals surface area contributed by atoms with Crippen LogP contribution in [0.5, 0.6) is 0 Å². The van der Waals surface area contributed by atoms with Crippen molar-refractivity contribution in [3.8, 4) is 0 Å². The fourth-order valence-corrected chi connectivity index (χ4v) is 6.51. The largest absolute Gasteiger partial charge is 0.459 e. The number of fused-ring (bicyclic) bond motifs is 1. The SMILES string of the molecule is CC(C)(C)OC(=O)[C@]12[C@H]([C@H]3COC(C)(C)O3)[C@@H]3CC[C@@]1(OCc1ccccc1)[C@H]2C3=O. The number of ketones is 1. The third-order valence-corrected chi connectivity index (χ3v) is 7.48. The van der Waals surface area contributed by atoms with Gasteiger partial charge in [-0.2, -0.15) is 0 Å².